The average molecular weight is 196 g/mol. The third-order valence-corrected chi connectivity index (χ3v) is 4.75. The molecular weight excluding hydrogens is 168 g/mol. The van der Waals surface area contributed by atoms with Crippen LogP contribution in [-0.2, 0) is 0 Å². The van der Waals surface area contributed by atoms with Crippen molar-refractivity contribution in [3.63, 3.8) is 0 Å². The Kier molecular flexibility index (Phi) is 3.66. The Hall–Kier alpha value is 0. The molecule has 0 aliphatic heterocycles. The van der Waals surface area contributed by atoms with E-state index >= 15 is 0 Å². The van der Waals surface area contributed by atoms with Gasteiger partial charge in [-0.15, -0.1) is 0 Å². The van der Waals surface area contributed by atoms with Gasteiger partial charge in [0.25, 0.3) is 0 Å². The van der Waals surface area contributed by atoms with Gasteiger partial charge in [-0.1, -0.05) is 54.4 Å². The molecule has 0 amide bonds. The lowest BCUT2D eigenvalue weighted by molar-refractivity contribution is 0.345. The van der Waals surface area contributed by atoms with Gasteiger partial charge < -0.3 is 0 Å². The van der Waals surface area contributed by atoms with Crippen molar-refractivity contribution >= 4 is 0 Å². The lowest BCUT2D eigenvalue weighted by Gasteiger charge is -2.16. The van der Waals surface area contributed by atoms with Crippen molar-refractivity contribution in [1.29, 1.82) is 0 Å². The van der Waals surface area contributed by atoms with Crippen molar-refractivity contribution in [2.24, 2.45) is 29.1 Å². The average Bonchev–Trinajstić information content (AvgIpc) is 2.66. The van der Waals surface area contributed by atoms with Gasteiger partial charge in [-0.25, -0.2) is 0 Å². The summed E-state index contributed by atoms with van der Waals surface area (Å²) in [5, 5.41) is 0. The summed E-state index contributed by atoms with van der Waals surface area (Å²) < 4.78 is 0. The van der Waals surface area contributed by atoms with E-state index in [1.165, 1.54) is 19.3 Å². The fourth-order valence-electron chi connectivity index (χ4n) is 3.23. The summed E-state index contributed by atoms with van der Waals surface area (Å²) in [5.74, 6) is 3.78. The Labute approximate surface area is 90.5 Å². The Morgan fingerprint density at radius 2 is 1.79 bits per heavy atom. The van der Waals surface area contributed by atoms with E-state index in [-0.39, 0.29) is 0 Å². The third-order valence-electron chi connectivity index (χ3n) is 4.75. The lowest BCUT2D eigenvalue weighted by atomic mass is 9.90. The van der Waals surface area contributed by atoms with Crippen molar-refractivity contribution in [3.8, 4) is 0 Å². The topological polar surface area (TPSA) is 0 Å². The zero-order valence-corrected chi connectivity index (χ0v) is 10.9. The molecule has 1 fully saturated rings. The maximum Gasteiger partial charge on any atom is -0.0264 e. The van der Waals surface area contributed by atoms with Gasteiger partial charge in [0, 0.05) is 0 Å². The minimum atomic E-state index is 0.680. The van der Waals surface area contributed by atoms with Crippen LogP contribution in [-0.4, -0.2) is 0 Å². The Balaban J connectivity index is 2.44. The molecule has 0 aromatic carbocycles. The van der Waals surface area contributed by atoms with Gasteiger partial charge in [0.15, 0.2) is 0 Å². The van der Waals surface area contributed by atoms with Crippen LogP contribution >= 0.6 is 0 Å². The molecule has 1 aliphatic rings. The first kappa shape index (κ1) is 12.1. The fourth-order valence-corrected chi connectivity index (χ4v) is 3.23. The predicted molar refractivity (Wildman–Crippen MR) is 64.3 cm³/mol. The van der Waals surface area contributed by atoms with Crippen molar-refractivity contribution in [2.75, 3.05) is 0 Å². The highest BCUT2D eigenvalue weighted by Crippen LogP contribution is 2.64. The molecule has 0 aromatic rings. The summed E-state index contributed by atoms with van der Waals surface area (Å²) in [7, 11) is 0. The second-order valence-electron chi connectivity index (χ2n) is 6.14. The van der Waals surface area contributed by atoms with Crippen molar-refractivity contribution in [3.05, 3.63) is 0 Å². The molecule has 0 aromatic heterocycles. The van der Waals surface area contributed by atoms with Gasteiger partial charge in [-0.3, -0.25) is 0 Å². The van der Waals surface area contributed by atoms with E-state index in [2.05, 4.69) is 41.5 Å². The normalized spacial score (nSPS) is 38.8. The first-order valence-electron chi connectivity index (χ1n) is 6.43. The van der Waals surface area contributed by atoms with Gasteiger partial charge in [0.05, 0.1) is 0 Å². The van der Waals surface area contributed by atoms with E-state index in [9.17, 15) is 0 Å². The first-order chi connectivity index (χ1) is 6.43. The first-order valence-corrected chi connectivity index (χ1v) is 6.43. The molecule has 0 spiro atoms. The summed E-state index contributed by atoms with van der Waals surface area (Å²) in [6.07, 6.45) is 4.21. The van der Waals surface area contributed by atoms with Crippen LogP contribution in [0.4, 0.5) is 0 Å². The van der Waals surface area contributed by atoms with E-state index in [4.69, 9.17) is 0 Å². The van der Waals surface area contributed by atoms with Crippen molar-refractivity contribution < 1.29 is 0 Å². The van der Waals surface area contributed by atoms with Gasteiger partial charge in [-0.2, -0.15) is 0 Å². The maximum absolute atomic E-state index is 2.51. The summed E-state index contributed by atoms with van der Waals surface area (Å²) in [6.45, 7) is 14.4. The SMILES string of the molecule is CCC(C)C1C(C)C1(C)CCC(C)C. The fraction of sp³-hybridized carbons (Fsp3) is 1.00. The molecule has 0 heteroatoms. The van der Waals surface area contributed by atoms with Crippen LogP contribution in [0.2, 0.25) is 0 Å². The lowest BCUT2D eigenvalue weighted by Crippen LogP contribution is -2.06. The molecule has 1 saturated carbocycles. The molecule has 1 aliphatic carbocycles. The zero-order chi connectivity index (χ0) is 10.9. The zero-order valence-electron chi connectivity index (χ0n) is 10.9. The van der Waals surface area contributed by atoms with Crippen molar-refractivity contribution in [1.82, 2.24) is 0 Å². The summed E-state index contributed by atoms with van der Waals surface area (Å²) in [5.41, 5.74) is 0.680. The highest BCUT2D eigenvalue weighted by molar-refractivity contribution is 5.06. The largest absolute Gasteiger partial charge is 0.0651 e. The number of rotatable bonds is 5. The van der Waals surface area contributed by atoms with Crippen LogP contribution in [0.1, 0.15) is 60.8 Å². The van der Waals surface area contributed by atoms with Crippen molar-refractivity contribution in [2.45, 2.75) is 60.8 Å². The van der Waals surface area contributed by atoms with E-state index in [1.54, 1.807) is 0 Å². The molecule has 84 valence electrons. The van der Waals surface area contributed by atoms with E-state index in [1.807, 2.05) is 0 Å². The molecule has 0 heterocycles. The van der Waals surface area contributed by atoms with Crippen LogP contribution in [0.5, 0.6) is 0 Å². The number of hydrogen-bond donors (Lipinski definition) is 0. The maximum atomic E-state index is 2.51. The summed E-state index contributed by atoms with van der Waals surface area (Å²) in [6, 6.07) is 0. The number of hydrogen-bond acceptors (Lipinski definition) is 0. The summed E-state index contributed by atoms with van der Waals surface area (Å²) in [4.78, 5) is 0. The molecule has 4 unspecified atom stereocenters. The summed E-state index contributed by atoms with van der Waals surface area (Å²) >= 11 is 0. The second kappa shape index (κ2) is 4.24. The molecule has 14 heavy (non-hydrogen) atoms. The Bertz CT molecular complexity index is 182. The monoisotopic (exact) mass is 196 g/mol. The van der Waals surface area contributed by atoms with Crippen LogP contribution in [0, 0.1) is 29.1 Å². The second-order valence-corrected chi connectivity index (χ2v) is 6.14. The van der Waals surface area contributed by atoms with Crippen LogP contribution in [0.25, 0.3) is 0 Å². The highest BCUT2D eigenvalue weighted by atomic mass is 14.6. The van der Waals surface area contributed by atoms with Crippen LogP contribution in [0.15, 0.2) is 0 Å². The minimum Gasteiger partial charge on any atom is -0.0651 e. The molecule has 0 saturated heterocycles. The standard InChI is InChI=1S/C14H28/c1-7-11(4)13-12(5)14(13,6)9-8-10(2)3/h10-13H,7-9H2,1-6H3. The Morgan fingerprint density at radius 3 is 2.21 bits per heavy atom. The van der Waals surface area contributed by atoms with Gasteiger partial charge in [-0.05, 0) is 35.5 Å². The molecule has 0 nitrogen and oxygen atoms in total. The quantitative estimate of drug-likeness (QED) is 0.595. The molecule has 0 N–H and O–H groups in total. The Morgan fingerprint density at radius 1 is 1.21 bits per heavy atom. The van der Waals surface area contributed by atoms with Crippen LogP contribution in [0.3, 0.4) is 0 Å². The smallest absolute Gasteiger partial charge is 0.0264 e. The molecular formula is C14H28. The van der Waals surface area contributed by atoms with E-state index in [0.717, 1.165) is 23.7 Å². The van der Waals surface area contributed by atoms with Gasteiger partial charge in [0.2, 0.25) is 0 Å². The predicted octanol–water partition coefficient (Wildman–Crippen LogP) is 4.74. The van der Waals surface area contributed by atoms with Gasteiger partial charge in [0.1, 0.15) is 0 Å². The minimum absolute atomic E-state index is 0.680. The van der Waals surface area contributed by atoms with E-state index < -0.39 is 0 Å². The van der Waals surface area contributed by atoms with E-state index in [0.29, 0.717) is 5.41 Å². The molecule has 1 rings (SSSR count). The van der Waals surface area contributed by atoms with Gasteiger partial charge >= 0.3 is 0 Å². The molecule has 4 atom stereocenters. The van der Waals surface area contributed by atoms with Crippen LogP contribution < -0.4 is 0 Å². The third kappa shape index (κ3) is 2.15. The molecule has 0 radical (unpaired) electrons. The molecule has 0 bridgehead atoms. The highest BCUT2D eigenvalue weighted by Gasteiger charge is 2.58.